The van der Waals surface area contributed by atoms with Gasteiger partial charge in [-0.1, -0.05) is 52.9 Å². The fourth-order valence-electron chi connectivity index (χ4n) is 1.72. The Bertz CT molecular complexity index is 163. The van der Waals surface area contributed by atoms with Gasteiger partial charge in [0.05, 0.1) is 6.61 Å². The van der Waals surface area contributed by atoms with E-state index in [-0.39, 0.29) is 0 Å². The van der Waals surface area contributed by atoms with E-state index in [9.17, 15) is 4.57 Å². The Morgan fingerprint density at radius 3 is 1.88 bits per heavy atom. The molecule has 2 nitrogen and oxygen atoms in total. The molecule has 1 unspecified atom stereocenters. The smallest absolute Gasteiger partial charge is 0.194 e. The van der Waals surface area contributed by atoms with E-state index in [2.05, 4.69) is 20.8 Å². The first-order chi connectivity index (χ1) is 7.76. The quantitative estimate of drug-likeness (QED) is 0.379. The van der Waals surface area contributed by atoms with Crippen molar-refractivity contribution in [3.05, 3.63) is 0 Å². The molecule has 0 aliphatic rings. The van der Waals surface area contributed by atoms with Crippen molar-refractivity contribution in [2.45, 2.75) is 77.8 Å². The largest absolute Gasteiger partial charge is 0.330 e. The summed E-state index contributed by atoms with van der Waals surface area (Å²) >= 11 is 0. The van der Waals surface area contributed by atoms with E-state index in [1.807, 2.05) is 0 Å². The molecule has 0 saturated carbocycles. The summed E-state index contributed by atoms with van der Waals surface area (Å²) in [4.78, 5) is 0. The van der Waals surface area contributed by atoms with Gasteiger partial charge in [0, 0.05) is 5.66 Å². The van der Waals surface area contributed by atoms with E-state index in [0.717, 1.165) is 25.7 Å². The third-order valence-electron chi connectivity index (χ3n) is 2.89. The van der Waals surface area contributed by atoms with Gasteiger partial charge < -0.3 is 4.52 Å². The highest BCUT2D eigenvalue weighted by molar-refractivity contribution is 7.40. The predicted molar refractivity (Wildman–Crippen MR) is 72.7 cm³/mol. The van der Waals surface area contributed by atoms with E-state index >= 15 is 0 Å². The van der Waals surface area contributed by atoms with Crippen LogP contribution in [0.2, 0.25) is 0 Å². The average molecular weight is 248 g/mol. The molecule has 0 fully saturated rings. The minimum Gasteiger partial charge on any atom is -0.330 e. The van der Waals surface area contributed by atoms with Crippen LogP contribution in [0.4, 0.5) is 0 Å². The van der Waals surface area contributed by atoms with E-state index in [4.69, 9.17) is 4.52 Å². The Kier molecular flexibility index (Phi) is 11.8. The standard InChI is InChI=1S/C13H29O2P/c1-4-7-10-13(11-8-5-2)16(14)15-12-9-6-3/h13,16H,4-12H2,1-3H3. The summed E-state index contributed by atoms with van der Waals surface area (Å²) in [6, 6.07) is 0. The fourth-order valence-corrected chi connectivity index (χ4v) is 3.18. The minimum atomic E-state index is -1.80. The predicted octanol–water partition coefficient (Wildman–Crippen LogP) is 5.03. The van der Waals surface area contributed by atoms with Crippen molar-refractivity contribution in [2.75, 3.05) is 6.61 Å². The van der Waals surface area contributed by atoms with Gasteiger partial charge in [-0.15, -0.1) is 0 Å². The molecule has 0 aliphatic carbocycles. The van der Waals surface area contributed by atoms with Crippen LogP contribution in [0.5, 0.6) is 0 Å². The van der Waals surface area contributed by atoms with Crippen molar-refractivity contribution in [2.24, 2.45) is 0 Å². The van der Waals surface area contributed by atoms with Gasteiger partial charge in [0.2, 0.25) is 0 Å². The molecule has 0 amide bonds. The SMILES string of the molecule is CCCCO[PH](=O)C(CCCC)CCCC. The maximum atomic E-state index is 12.0. The highest BCUT2D eigenvalue weighted by Gasteiger charge is 2.15. The Balaban J connectivity index is 3.88. The topological polar surface area (TPSA) is 26.3 Å². The lowest BCUT2D eigenvalue weighted by Gasteiger charge is -2.16. The maximum absolute atomic E-state index is 12.0. The van der Waals surface area contributed by atoms with Gasteiger partial charge in [-0.3, -0.25) is 4.57 Å². The molecule has 1 atom stereocenters. The molecule has 0 aromatic carbocycles. The first-order valence-electron chi connectivity index (χ1n) is 6.92. The molecule has 0 heterocycles. The van der Waals surface area contributed by atoms with Crippen LogP contribution in [-0.2, 0) is 9.09 Å². The third kappa shape index (κ3) is 8.35. The molecule has 98 valence electrons. The van der Waals surface area contributed by atoms with Crippen LogP contribution in [-0.4, -0.2) is 12.3 Å². The maximum Gasteiger partial charge on any atom is 0.194 e. The third-order valence-corrected chi connectivity index (χ3v) is 4.62. The van der Waals surface area contributed by atoms with Crippen molar-refractivity contribution < 1.29 is 9.09 Å². The normalized spacial score (nSPS) is 13.2. The molecule has 16 heavy (non-hydrogen) atoms. The summed E-state index contributed by atoms with van der Waals surface area (Å²) in [5.74, 6) is 0. The van der Waals surface area contributed by atoms with Gasteiger partial charge in [-0.2, -0.15) is 0 Å². The van der Waals surface area contributed by atoms with Gasteiger partial charge >= 0.3 is 0 Å². The number of unbranched alkanes of at least 4 members (excludes halogenated alkanes) is 3. The van der Waals surface area contributed by atoms with Gasteiger partial charge in [-0.05, 0) is 19.3 Å². The molecule has 0 aromatic heterocycles. The Morgan fingerprint density at radius 2 is 1.44 bits per heavy atom. The molecule has 0 N–H and O–H groups in total. The summed E-state index contributed by atoms with van der Waals surface area (Å²) < 4.78 is 17.5. The summed E-state index contributed by atoms with van der Waals surface area (Å²) in [5, 5.41) is 0. The van der Waals surface area contributed by atoms with Gasteiger partial charge in [0.15, 0.2) is 8.03 Å². The lowest BCUT2D eigenvalue weighted by atomic mass is 10.1. The van der Waals surface area contributed by atoms with Crippen LogP contribution >= 0.6 is 8.03 Å². The molecule has 0 rings (SSSR count). The molecule has 0 bridgehead atoms. The Labute approximate surface area is 102 Å². The Morgan fingerprint density at radius 1 is 0.938 bits per heavy atom. The summed E-state index contributed by atoms with van der Waals surface area (Å²) in [6.45, 7) is 7.19. The van der Waals surface area contributed by atoms with Crippen molar-refractivity contribution in [1.82, 2.24) is 0 Å². The summed E-state index contributed by atoms with van der Waals surface area (Å²) in [5.41, 5.74) is 0.335. The van der Waals surface area contributed by atoms with Gasteiger partial charge in [-0.25, -0.2) is 0 Å². The molecule has 3 heteroatoms. The number of rotatable bonds is 11. The zero-order chi connectivity index (χ0) is 12.2. The highest BCUT2D eigenvalue weighted by Crippen LogP contribution is 2.36. The van der Waals surface area contributed by atoms with Crippen molar-refractivity contribution in [3.8, 4) is 0 Å². The second-order valence-corrected chi connectivity index (χ2v) is 6.25. The second kappa shape index (κ2) is 11.7. The van der Waals surface area contributed by atoms with Crippen LogP contribution in [0.1, 0.15) is 72.1 Å². The molecular weight excluding hydrogens is 219 g/mol. The zero-order valence-electron chi connectivity index (χ0n) is 11.3. The molecule has 0 saturated heterocycles. The lowest BCUT2D eigenvalue weighted by Crippen LogP contribution is -2.04. The van der Waals surface area contributed by atoms with Crippen LogP contribution < -0.4 is 0 Å². The second-order valence-electron chi connectivity index (χ2n) is 4.50. The van der Waals surface area contributed by atoms with Crippen LogP contribution in [0.15, 0.2) is 0 Å². The van der Waals surface area contributed by atoms with Crippen LogP contribution in [0.3, 0.4) is 0 Å². The van der Waals surface area contributed by atoms with Crippen molar-refractivity contribution in [3.63, 3.8) is 0 Å². The first-order valence-corrected chi connectivity index (χ1v) is 8.32. The number of hydrogen-bond donors (Lipinski definition) is 0. The van der Waals surface area contributed by atoms with Crippen molar-refractivity contribution in [1.29, 1.82) is 0 Å². The van der Waals surface area contributed by atoms with E-state index < -0.39 is 8.03 Å². The van der Waals surface area contributed by atoms with Crippen molar-refractivity contribution >= 4 is 8.03 Å². The fraction of sp³-hybridized carbons (Fsp3) is 1.00. The molecular formula is C13H29O2P. The van der Waals surface area contributed by atoms with Crippen LogP contribution in [0, 0.1) is 0 Å². The van der Waals surface area contributed by atoms with E-state index in [1.54, 1.807) is 0 Å². The molecule has 0 aromatic rings. The Hall–Kier alpha value is 0.190. The van der Waals surface area contributed by atoms with Gasteiger partial charge in [0.1, 0.15) is 0 Å². The highest BCUT2D eigenvalue weighted by atomic mass is 31.1. The van der Waals surface area contributed by atoms with Crippen LogP contribution in [0.25, 0.3) is 0 Å². The molecule has 0 spiro atoms. The van der Waals surface area contributed by atoms with E-state index in [0.29, 0.717) is 12.3 Å². The zero-order valence-corrected chi connectivity index (χ0v) is 12.3. The minimum absolute atomic E-state index is 0.335. The molecule has 0 aliphatic heterocycles. The lowest BCUT2D eigenvalue weighted by molar-refractivity contribution is 0.311. The average Bonchev–Trinajstić information content (AvgIpc) is 2.29. The molecule has 0 radical (unpaired) electrons. The first kappa shape index (κ1) is 16.2. The summed E-state index contributed by atoms with van der Waals surface area (Å²) in [6.07, 6.45) is 9.05. The summed E-state index contributed by atoms with van der Waals surface area (Å²) in [7, 11) is -1.80. The monoisotopic (exact) mass is 248 g/mol. The van der Waals surface area contributed by atoms with E-state index in [1.165, 1.54) is 25.7 Å². The number of hydrogen-bond acceptors (Lipinski definition) is 2. The van der Waals surface area contributed by atoms with Gasteiger partial charge in [0.25, 0.3) is 0 Å².